The van der Waals surface area contributed by atoms with Gasteiger partial charge in [0, 0.05) is 23.2 Å². The Labute approximate surface area is 170 Å². The molecule has 4 nitrogen and oxygen atoms in total. The zero-order valence-corrected chi connectivity index (χ0v) is 16.8. The third kappa shape index (κ3) is 3.95. The Balaban J connectivity index is 1.72. The number of hydrogen-bond donors (Lipinski definition) is 0. The summed E-state index contributed by atoms with van der Waals surface area (Å²) in [5, 5.41) is 3.35. The highest BCUT2D eigenvalue weighted by atomic mass is 35.5. The van der Waals surface area contributed by atoms with Crippen molar-refractivity contribution in [1.82, 2.24) is 9.88 Å². The van der Waals surface area contributed by atoms with Crippen LogP contribution in [0.4, 0.5) is 9.52 Å². The molecular formula is C19H17ClFN3OS2. The van der Waals surface area contributed by atoms with Crippen molar-refractivity contribution < 1.29 is 9.18 Å². The van der Waals surface area contributed by atoms with Gasteiger partial charge in [-0.15, -0.1) is 11.3 Å². The average Bonchev–Trinajstić information content (AvgIpc) is 3.28. The Morgan fingerprint density at radius 2 is 2.11 bits per heavy atom. The van der Waals surface area contributed by atoms with E-state index in [1.807, 2.05) is 5.38 Å². The van der Waals surface area contributed by atoms with E-state index in [4.69, 9.17) is 11.6 Å². The molecule has 0 atom stereocenters. The minimum atomic E-state index is -0.446. The van der Waals surface area contributed by atoms with Crippen molar-refractivity contribution in [2.24, 2.45) is 4.99 Å². The van der Waals surface area contributed by atoms with Gasteiger partial charge in [-0.05, 0) is 42.8 Å². The van der Waals surface area contributed by atoms with Gasteiger partial charge in [0.1, 0.15) is 5.82 Å². The molecule has 1 saturated carbocycles. The first-order valence-electron chi connectivity index (χ1n) is 8.79. The monoisotopic (exact) mass is 421 g/mol. The summed E-state index contributed by atoms with van der Waals surface area (Å²) >= 11 is 8.81. The lowest BCUT2D eigenvalue weighted by molar-refractivity contribution is -0.124. The van der Waals surface area contributed by atoms with Gasteiger partial charge < -0.3 is 0 Å². The fraction of sp³-hybridized carbons (Fsp3) is 0.316. The smallest absolute Gasteiger partial charge is 0.267 e. The molecule has 27 heavy (non-hydrogen) atoms. The first kappa shape index (κ1) is 18.7. The molecule has 1 saturated heterocycles. The highest BCUT2D eigenvalue weighted by molar-refractivity contribution is 8.18. The number of benzene rings is 1. The summed E-state index contributed by atoms with van der Waals surface area (Å²) in [6.45, 7) is 0. The minimum Gasteiger partial charge on any atom is -0.283 e. The van der Waals surface area contributed by atoms with Crippen molar-refractivity contribution >= 4 is 57.0 Å². The maximum Gasteiger partial charge on any atom is 0.267 e. The largest absolute Gasteiger partial charge is 0.283 e. The van der Waals surface area contributed by atoms with E-state index in [1.54, 1.807) is 23.2 Å². The molecule has 1 aromatic carbocycles. The van der Waals surface area contributed by atoms with Crippen molar-refractivity contribution in [3.8, 4) is 0 Å². The van der Waals surface area contributed by atoms with Crippen LogP contribution in [0.15, 0.2) is 39.7 Å². The Morgan fingerprint density at radius 3 is 2.81 bits per heavy atom. The molecule has 2 aromatic rings. The van der Waals surface area contributed by atoms with Crippen molar-refractivity contribution in [1.29, 1.82) is 0 Å². The third-order valence-corrected chi connectivity index (χ3v) is 6.64. The lowest BCUT2D eigenvalue weighted by Gasteiger charge is -2.30. The number of thioether (sulfide) groups is 1. The van der Waals surface area contributed by atoms with Gasteiger partial charge in [0.15, 0.2) is 5.17 Å². The third-order valence-electron chi connectivity index (χ3n) is 4.66. The van der Waals surface area contributed by atoms with Crippen molar-refractivity contribution in [3.63, 3.8) is 0 Å². The summed E-state index contributed by atoms with van der Waals surface area (Å²) in [5.74, 6) is -0.584. The van der Waals surface area contributed by atoms with Gasteiger partial charge in [-0.25, -0.2) is 9.37 Å². The van der Waals surface area contributed by atoms with Crippen LogP contribution in [0, 0.1) is 5.82 Å². The highest BCUT2D eigenvalue weighted by Crippen LogP contribution is 2.39. The fourth-order valence-corrected chi connectivity index (χ4v) is 5.16. The first-order valence-corrected chi connectivity index (χ1v) is 10.9. The number of nitrogens with zero attached hydrogens (tertiary/aromatic N) is 3. The molecule has 1 aromatic heterocycles. The predicted molar refractivity (Wildman–Crippen MR) is 110 cm³/mol. The van der Waals surface area contributed by atoms with Crippen LogP contribution in [-0.2, 0) is 4.79 Å². The number of amidine groups is 1. The molecule has 2 aliphatic rings. The van der Waals surface area contributed by atoms with Gasteiger partial charge in [-0.3, -0.25) is 9.69 Å². The molecule has 1 amide bonds. The average molecular weight is 422 g/mol. The van der Waals surface area contributed by atoms with Gasteiger partial charge >= 0.3 is 0 Å². The summed E-state index contributed by atoms with van der Waals surface area (Å²) in [6.07, 6.45) is 8.52. The molecule has 0 spiro atoms. The van der Waals surface area contributed by atoms with Crippen LogP contribution in [-0.4, -0.2) is 27.0 Å². The van der Waals surface area contributed by atoms with Crippen molar-refractivity contribution in [2.45, 2.75) is 38.1 Å². The SMILES string of the molecule is O=C1/C(=C/c2c(F)cccc2Cl)S/C(=N/c2nccs2)N1C1CCCCC1. The number of hydrogen-bond acceptors (Lipinski definition) is 5. The fourth-order valence-electron chi connectivity index (χ4n) is 3.36. The summed E-state index contributed by atoms with van der Waals surface area (Å²) in [5.41, 5.74) is 0.231. The number of carbonyl (C=O) groups is 1. The van der Waals surface area contributed by atoms with E-state index in [-0.39, 0.29) is 22.5 Å². The standard InChI is InChI=1S/C19H17ClFN3OS2/c20-14-7-4-8-15(21)13(14)11-16-17(25)24(12-5-2-1-3-6-12)19(27-16)23-18-22-9-10-26-18/h4,7-12H,1-3,5-6H2/b16-11-,23-19+. The molecule has 0 radical (unpaired) electrons. The van der Waals surface area contributed by atoms with Crippen LogP contribution in [0.25, 0.3) is 6.08 Å². The van der Waals surface area contributed by atoms with E-state index >= 15 is 0 Å². The van der Waals surface area contributed by atoms with Crippen LogP contribution in [0.3, 0.4) is 0 Å². The number of halogens is 2. The molecule has 4 rings (SSSR count). The molecule has 2 heterocycles. The molecule has 0 N–H and O–H groups in total. The van der Waals surface area contributed by atoms with Crippen molar-refractivity contribution in [2.75, 3.05) is 0 Å². The van der Waals surface area contributed by atoms with Crippen LogP contribution in [0.2, 0.25) is 5.02 Å². The second kappa shape index (κ2) is 8.12. The second-order valence-corrected chi connectivity index (χ2v) is 8.71. The van der Waals surface area contributed by atoms with Crippen LogP contribution in [0.5, 0.6) is 0 Å². The lowest BCUT2D eigenvalue weighted by atomic mass is 9.94. The number of aromatic nitrogens is 1. The Bertz CT molecular complexity index is 887. The maximum atomic E-state index is 14.2. The molecule has 2 fully saturated rings. The van der Waals surface area contributed by atoms with Gasteiger partial charge in [0.05, 0.1) is 9.93 Å². The first-order chi connectivity index (χ1) is 13.1. The molecule has 1 aliphatic heterocycles. The Kier molecular flexibility index (Phi) is 5.61. The molecule has 1 aliphatic carbocycles. The Hall–Kier alpha value is -1.70. The topological polar surface area (TPSA) is 45.6 Å². The zero-order chi connectivity index (χ0) is 18.8. The van der Waals surface area contributed by atoms with Crippen LogP contribution < -0.4 is 0 Å². The van der Waals surface area contributed by atoms with E-state index in [2.05, 4.69) is 9.98 Å². The molecule has 140 valence electrons. The van der Waals surface area contributed by atoms with Gasteiger partial charge in [-0.2, -0.15) is 4.99 Å². The van der Waals surface area contributed by atoms with E-state index < -0.39 is 5.82 Å². The number of aliphatic imine (C=N–C) groups is 1. The normalized spacial score (nSPS) is 21.6. The van der Waals surface area contributed by atoms with Crippen LogP contribution in [0.1, 0.15) is 37.7 Å². The molecule has 0 bridgehead atoms. The van der Waals surface area contributed by atoms with Gasteiger partial charge in [-0.1, -0.05) is 36.9 Å². The van der Waals surface area contributed by atoms with E-state index in [0.29, 0.717) is 15.2 Å². The number of thiazole rings is 1. The lowest BCUT2D eigenvalue weighted by Crippen LogP contribution is -2.40. The van der Waals surface area contributed by atoms with Gasteiger partial charge in [0.25, 0.3) is 5.91 Å². The second-order valence-electron chi connectivity index (χ2n) is 6.42. The summed E-state index contributed by atoms with van der Waals surface area (Å²) in [6, 6.07) is 4.63. The number of carbonyl (C=O) groups excluding carboxylic acids is 1. The highest BCUT2D eigenvalue weighted by Gasteiger charge is 2.39. The molecular weight excluding hydrogens is 405 g/mol. The molecule has 8 heteroatoms. The van der Waals surface area contributed by atoms with Gasteiger partial charge in [0.2, 0.25) is 5.13 Å². The molecule has 0 unspecified atom stereocenters. The zero-order valence-electron chi connectivity index (χ0n) is 14.4. The summed E-state index contributed by atoms with van der Waals surface area (Å²) < 4.78 is 14.2. The minimum absolute atomic E-state index is 0.124. The van der Waals surface area contributed by atoms with Crippen molar-refractivity contribution in [3.05, 3.63) is 51.1 Å². The number of rotatable bonds is 3. The quantitative estimate of drug-likeness (QED) is 0.582. The van der Waals surface area contributed by atoms with E-state index in [0.717, 1.165) is 25.7 Å². The van der Waals surface area contributed by atoms with Crippen LogP contribution >= 0.6 is 34.7 Å². The maximum absolute atomic E-state index is 14.2. The predicted octanol–water partition coefficient (Wildman–Crippen LogP) is 5.87. The summed E-state index contributed by atoms with van der Waals surface area (Å²) in [7, 11) is 0. The number of amides is 1. The summed E-state index contributed by atoms with van der Waals surface area (Å²) in [4.78, 5) is 24.1. The van der Waals surface area contributed by atoms with E-state index in [9.17, 15) is 9.18 Å². The Morgan fingerprint density at radius 1 is 1.30 bits per heavy atom. The van der Waals surface area contributed by atoms with E-state index in [1.165, 1.54) is 41.7 Å².